The van der Waals surface area contributed by atoms with Gasteiger partial charge in [-0.15, -0.1) is 0 Å². The Morgan fingerprint density at radius 1 is 0.714 bits per heavy atom. The fourth-order valence-corrected chi connectivity index (χ4v) is 3.84. The van der Waals surface area contributed by atoms with Gasteiger partial charge in [-0.05, 0) is 35.4 Å². The first-order chi connectivity index (χ1) is 13.7. The topological polar surface area (TPSA) is 23.6 Å². The average molecular weight is 374 g/mol. The Morgan fingerprint density at radius 2 is 1.25 bits per heavy atom. The molecule has 1 amide bonds. The third-order valence-corrected chi connectivity index (χ3v) is 5.29. The maximum absolute atomic E-state index is 13.4. The van der Waals surface area contributed by atoms with E-state index in [0.717, 1.165) is 24.2 Å². The van der Waals surface area contributed by atoms with Crippen LogP contribution in [0, 0.1) is 5.82 Å². The number of amides is 1. The molecular weight excluding hydrogens is 351 g/mol. The molecule has 1 fully saturated rings. The monoisotopic (exact) mass is 374 g/mol. The minimum atomic E-state index is -0.228. The van der Waals surface area contributed by atoms with E-state index in [4.69, 9.17) is 0 Å². The molecule has 0 saturated carbocycles. The van der Waals surface area contributed by atoms with Crippen LogP contribution in [0.1, 0.15) is 27.5 Å². The highest BCUT2D eigenvalue weighted by molar-refractivity contribution is 5.94. The second kappa shape index (κ2) is 8.36. The number of hydrogen-bond donors (Lipinski definition) is 0. The van der Waals surface area contributed by atoms with Gasteiger partial charge in [0, 0.05) is 31.7 Å². The third-order valence-electron chi connectivity index (χ3n) is 5.29. The SMILES string of the molecule is O=C(c1ccccc1)N1CCN([C@@H](c2ccccc2)c2ccc(F)cc2)CC1. The van der Waals surface area contributed by atoms with Gasteiger partial charge in [0.05, 0.1) is 6.04 Å². The molecule has 0 spiro atoms. The molecule has 1 saturated heterocycles. The van der Waals surface area contributed by atoms with Gasteiger partial charge in [0.25, 0.3) is 5.91 Å². The lowest BCUT2D eigenvalue weighted by molar-refractivity contribution is 0.0597. The number of carbonyl (C=O) groups is 1. The second-order valence-corrected chi connectivity index (χ2v) is 7.06. The average Bonchev–Trinajstić information content (AvgIpc) is 2.77. The Bertz CT molecular complexity index is 904. The van der Waals surface area contributed by atoms with Gasteiger partial charge in [0.2, 0.25) is 0 Å². The number of piperazine rings is 1. The van der Waals surface area contributed by atoms with Crippen molar-refractivity contribution in [2.45, 2.75) is 6.04 Å². The highest BCUT2D eigenvalue weighted by Gasteiger charge is 2.28. The minimum Gasteiger partial charge on any atom is -0.336 e. The van der Waals surface area contributed by atoms with Crippen LogP contribution < -0.4 is 0 Å². The molecule has 1 atom stereocenters. The summed E-state index contributed by atoms with van der Waals surface area (Å²) in [5, 5.41) is 0. The lowest BCUT2D eigenvalue weighted by Gasteiger charge is -2.39. The van der Waals surface area contributed by atoms with Gasteiger partial charge in [-0.2, -0.15) is 0 Å². The maximum atomic E-state index is 13.4. The van der Waals surface area contributed by atoms with E-state index in [0.29, 0.717) is 13.1 Å². The molecule has 4 rings (SSSR count). The number of carbonyl (C=O) groups excluding carboxylic acids is 1. The fraction of sp³-hybridized carbons (Fsp3) is 0.208. The van der Waals surface area contributed by atoms with E-state index in [1.165, 1.54) is 17.7 Å². The Labute approximate surface area is 165 Å². The Hall–Kier alpha value is -2.98. The largest absolute Gasteiger partial charge is 0.336 e. The molecule has 0 radical (unpaired) electrons. The predicted molar refractivity (Wildman–Crippen MR) is 109 cm³/mol. The Morgan fingerprint density at radius 3 is 1.86 bits per heavy atom. The lowest BCUT2D eigenvalue weighted by Crippen LogP contribution is -2.49. The van der Waals surface area contributed by atoms with Crippen LogP contribution in [0.5, 0.6) is 0 Å². The van der Waals surface area contributed by atoms with Crippen LogP contribution in [0.4, 0.5) is 4.39 Å². The summed E-state index contributed by atoms with van der Waals surface area (Å²) >= 11 is 0. The van der Waals surface area contributed by atoms with Gasteiger partial charge in [-0.25, -0.2) is 4.39 Å². The molecule has 4 heteroatoms. The van der Waals surface area contributed by atoms with Crippen LogP contribution in [-0.4, -0.2) is 41.9 Å². The number of benzene rings is 3. The van der Waals surface area contributed by atoms with Crippen LogP contribution in [0.2, 0.25) is 0 Å². The maximum Gasteiger partial charge on any atom is 0.253 e. The standard InChI is InChI=1S/C24H23FN2O/c25-22-13-11-20(12-14-22)23(19-7-3-1-4-8-19)26-15-17-27(18-16-26)24(28)21-9-5-2-6-10-21/h1-14,23H,15-18H2/t23-/m0/s1. The summed E-state index contributed by atoms with van der Waals surface area (Å²) in [5.41, 5.74) is 2.97. The van der Waals surface area contributed by atoms with Crippen molar-refractivity contribution in [1.82, 2.24) is 9.80 Å². The number of rotatable bonds is 4. The van der Waals surface area contributed by atoms with Gasteiger partial charge in [-0.1, -0.05) is 60.7 Å². The third kappa shape index (κ3) is 3.97. The molecule has 3 aromatic carbocycles. The Balaban J connectivity index is 1.53. The van der Waals surface area contributed by atoms with Gasteiger partial charge >= 0.3 is 0 Å². The molecule has 28 heavy (non-hydrogen) atoms. The zero-order valence-corrected chi connectivity index (χ0v) is 15.7. The van der Waals surface area contributed by atoms with Crippen molar-refractivity contribution in [2.75, 3.05) is 26.2 Å². The quantitative estimate of drug-likeness (QED) is 0.677. The number of nitrogens with zero attached hydrogens (tertiary/aromatic N) is 2. The first kappa shape index (κ1) is 18.4. The van der Waals surface area contributed by atoms with Gasteiger partial charge in [0.15, 0.2) is 0 Å². The van der Waals surface area contributed by atoms with E-state index in [2.05, 4.69) is 17.0 Å². The molecule has 0 N–H and O–H groups in total. The molecule has 1 heterocycles. The van der Waals surface area contributed by atoms with Crippen LogP contribution in [0.3, 0.4) is 0 Å². The van der Waals surface area contributed by atoms with Crippen molar-refractivity contribution in [3.05, 3.63) is 107 Å². The van der Waals surface area contributed by atoms with E-state index < -0.39 is 0 Å². The summed E-state index contributed by atoms with van der Waals surface area (Å²) in [6.07, 6.45) is 0. The molecule has 0 aromatic heterocycles. The van der Waals surface area contributed by atoms with Gasteiger partial charge in [0.1, 0.15) is 5.82 Å². The lowest BCUT2D eigenvalue weighted by atomic mass is 9.96. The molecule has 1 aliphatic heterocycles. The molecule has 0 aliphatic carbocycles. The smallest absolute Gasteiger partial charge is 0.253 e. The van der Waals surface area contributed by atoms with Crippen molar-refractivity contribution in [2.24, 2.45) is 0 Å². The number of hydrogen-bond acceptors (Lipinski definition) is 2. The summed E-state index contributed by atoms with van der Waals surface area (Å²) in [6.45, 7) is 2.90. The molecule has 0 unspecified atom stereocenters. The highest BCUT2D eigenvalue weighted by Crippen LogP contribution is 2.30. The predicted octanol–water partition coefficient (Wildman–Crippen LogP) is 4.37. The Kier molecular flexibility index (Phi) is 5.49. The van der Waals surface area contributed by atoms with E-state index in [1.54, 1.807) is 0 Å². The summed E-state index contributed by atoms with van der Waals surface area (Å²) in [7, 11) is 0. The number of halogens is 1. The van der Waals surface area contributed by atoms with Gasteiger partial charge < -0.3 is 4.90 Å². The van der Waals surface area contributed by atoms with Crippen LogP contribution in [0.25, 0.3) is 0 Å². The van der Waals surface area contributed by atoms with Crippen LogP contribution in [0.15, 0.2) is 84.9 Å². The summed E-state index contributed by atoms with van der Waals surface area (Å²) in [4.78, 5) is 17.0. The zero-order valence-electron chi connectivity index (χ0n) is 15.7. The minimum absolute atomic E-state index is 0.0516. The molecular formula is C24H23FN2O. The first-order valence-electron chi connectivity index (χ1n) is 9.61. The van der Waals surface area contributed by atoms with Crippen molar-refractivity contribution in [3.8, 4) is 0 Å². The summed E-state index contributed by atoms with van der Waals surface area (Å²) in [5.74, 6) is -0.146. The van der Waals surface area contributed by atoms with Crippen molar-refractivity contribution in [3.63, 3.8) is 0 Å². The van der Waals surface area contributed by atoms with Crippen molar-refractivity contribution in [1.29, 1.82) is 0 Å². The first-order valence-corrected chi connectivity index (χ1v) is 9.61. The second-order valence-electron chi connectivity index (χ2n) is 7.06. The normalized spacial score (nSPS) is 16.0. The fourth-order valence-electron chi connectivity index (χ4n) is 3.84. The van der Waals surface area contributed by atoms with E-state index in [-0.39, 0.29) is 17.8 Å². The summed E-state index contributed by atoms with van der Waals surface area (Å²) in [6, 6.07) is 26.5. The molecule has 3 nitrogen and oxygen atoms in total. The summed E-state index contributed by atoms with van der Waals surface area (Å²) < 4.78 is 13.4. The zero-order chi connectivity index (χ0) is 19.3. The van der Waals surface area contributed by atoms with E-state index in [9.17, 15) is 9.18 Å². The van der Waals surface area contributed by atoms with Crippen LogP contribution in [-0.2, 0) is 0 Å². The molecule has 142 valence electrons. The molecule has 3 aromatic rings. The highest BCUT2D eigenvalue weighted by atomic mass is 19.1. The van der Waals surface area contributed by atoms with Gasteiger partial charge in [-0.3, -0.25) is 9.69 Å². The van der Waals surface area contributed by atoms with E-state index >= 15 is 0 Å². The van der Waals surface area contributed by atoms with E-state index in [1.807, 2.05) is 65.6 Å². The van der Waals surface area contributed by atoms with Crippen LogP contribution >= 0.6 is 0 Å². The molecule has 0 bridgehead atoms. The molecule has 1 aliphatic rings. The van der Waals surface area contributed by atoms with Crippen molar-refractivity contribution < 1.29 is 9.18 Å². The van der Waals surface area contributed by atoms with Crippen molar-refractivity contribution >= 4 is 5.91 Å².